The molecule has 2 atom stereocenters. The van der Waals surface area contributed by atoms with Gasteiger partial charge in [-0.3, -0.25) is 10.3 Å². The van der Waals surface area contributed by atoms with E-state index in [0.717, 1.165) is 12.1 Å². The van der Waals surface area contributed by atoms with Gasteiger partial charge in [-0.15, -0.1) is 0 Å². The molecule has 0 aromatic carbocycles. The Balaban J connectivity index is 2.03. The van der Waals surface area contributed by atoms with Crippen molar-refractivity contribution in [3.8, 4) is 0 Å². The second kappa shape index (κ2) is 3.56. The maximum atomic E-state index is 3.30. The smallest absolute Gasteiger partial charge is 0.0411 e. The Hall–Kier alpha value is -0.120. The van der Waals surface area contributed by atoms with E-state index in [-0.39, 0.29) is 0 Å². The lowest BCUT2D eigenvalue weighted by Crippen LogP contribution is -2.43. The second-order valence-electron chi connectivity index (χ2n) is 4.46. The van der Waals surface area contributed by atoms with Gasteiger partial charge in [-0.2, -0.15) is 0 Å². The molecule has 0 aromatic rings. The Kier molecular flexibility index (Phi) is 2.58. The van der Waals surface area contributed by atoms with Crippen LogP contribution in [0.3, 0.4) is 0 Å². The van der Waals surface area contributed by atoms with E-state index in [0.29, 0.717) is 6.04 Å². The molecule has 76 valence electrons. The van der Waals surface area contributed by atoms with Crippen LogP contribution in [-0.4, -0.2) is 48.2 Å². The van der Waals surface area contributed by atoms with Crippen molar-refractivity contribution in [3.63, 3.8) is 0 Å². The molecule has 3 heteroatoms. The van der Waals surface area contributed by atoms with Gasteiger partial charge in [0.05, 0.1) is 0 Å². The maximum Gasteiger partial charge on any atom is 0.0411 e. The SMILES string of the molecule is CNN1CCC2C1CCN2C(C)C. The van der Waals surface area contributed by atoms with Crippen molar-refractivity contribution in [2.45, 2.75) is 44.8 Å². The fourth-order valence-corrected chi connectivity index (χ4v) is 2.94. The molecule has 0 saturated carbocycles. The number of likely N-dealkylation sites (tertiary alicyclic amines) is 1. The van der Waals surface area contributed by atoms with Gasteiger partial charge in [0.2, 0.25) is 0 Å². The minimum atomic E-state index is 0.715. The number of nitrogens with one attached hydrogen (secondary N) is 1. The standard InChI is InChI=1S/C10H21N3/c1-8(2)12-6-4-10-9(12)5-7-13(10)11-3/h8-11H,4-7H2,1-3H3. The van der Waals surface area contributed by atoms with E-state index in [1.54, 1.807) is 0 Å². The number of hydrogen-bond donors (Lipinski definition) is 1. The van der Waals surface area contributed by atoms with Gasteiger partial charge < -0.3 is 0 Å². The second-order valence-corrected chi connectivity index (χ2v) is 4.46. The predicted octanol–water partition coefficient (Wildman–Crippen LogP) is 0.678. The minimum Gasteiger partial charge on any atom is -0.296 e. The van der Waals surface area contributed by atoms with Crippen LogP contribution < -0.4 is 5.43 Å². The van der Waals surface area contributed by atoms with Gasteiger partial charge in [0.1, 0.15) is 0 Å². The molecular formula is C10H21N3. The molecule has 13 heavy (non-hydrogen) atoms. The summed E-state index contributed by atoms with van der Waals surface area (Å²) in [5.41, 5.74) is 3.30. The minimum absolute atomic E-state index is 0.715. The molecule has 0 aliphatic carbocycles. The zero-order chi connectivity index (χ0) is 9.42. The number of hydrazine groups is 1. The highest BCUT2D eigenvalue weighted by molar-refractivity contribution is 4.98. The molecule has 0 amide bonds. The van der Waals surface area contributed by atoms with E-state index in [1.807, 2.05) is 7.05 Å². The number of hydrogen-bond acceptors (Lipinski definition) is 3. The predicted molar refractivity (Wildman–Crippen MR) is 54.4 cm³/mol. The van der Waals surface area contributed by atoms with Gasteiger partial charge >= 0.3 is 0 Å². The van der Waals surface area contributed by atoms with Crippen LogP contribution in [0.2, 0.25) is 0 Å². The normalized spacial score (nSPS) is 36.0. The number of nitrogens with zero attached hydrogens (tertiary/aromatic N) is 2. The van der Waals surface area contributed by atoms with E-state index in [2.05, 4.69) is 29.2 Å². The van der Waals surface area contributed by atoms with E-state index in [4.69, 9.17) is 0 Å². The Morgan fingerprint density at radius 1 is 1.15 bits per heavy atom. The molecule has 1 N–H and O–H groups in total. The Bertz CT molecular complexity index is 181. The van der Waals surface area contributed by atoms with Crippen LogP contribution in [-0.2, 0) is 0 Å². The summed E-state index contributed by atoms with van der Waals surface area (Å²) < 4.78 is 0. The van der Waals surface area contributed by atoms with Crippen molar-refractivity contribution in [3.05, 3.63) is 0 Å². The van der Waals surface area contributed by atoms with Crippen LogP contribution in [0.1, 0.15) is 26.7 Å². The molecule has 2 rings (SSSR count). The highest BCUT2D eigenvalue weighted by atomic mass is 15.5. The summed E-state index contributed by atoms with van der Waals surface area (Å²) in [6.45, 7) is 7.12. The van der Waals surface area contributed by atoms with Gasteiger partial charge in [-0.25, -0.2) is 5.01 Å². The van der Waals surface area contributed by atoms with Gasteiger partial charge in [0, 0.05) is 31.2 Å². The average Bonchev–Trinajstić information content (AvgIpc) is 2.61. The first-order valence-electron chi connectivity index (χ1n) is 5.44. The van der Waals surface area contributed by atoms with E-state index in [1.165, 1.54) is 25.9 Å². The van der Waals surface area contributed by atoms with Crippen molar-refractivity contribution in [1.82, 2.24) is 15.3 Å². The van der Waals surface area contributed by atoms with Crippen LogP contribution in [0.4, 0.5) is 0 Å². The van der Waals surface area contributed by atoms with Gasteiger partial charge in [0.15, 0.2) is 0 Å². The van der Waals surface area contributed by atoms with Crippen molar-refractivity contribution in [2.24, 2.45) is 0 Å². The lowest BCUT2D eigenvalue weighted by molar-refractivity contribution is 0.165. The summed E-state index contributed by atoms with van der Waals surface area (Å²) in [6.07, 6.45) is 2.67. The van der Waals surface area contributed by atoms with Gasteiger partial charge in [-0.1, -0.05) is 0 Å². The summed E-state index contributed by atoms with van der Waals surface area (Å²) in [6, 6.07) is 2.30. The zero-order valence-electron chi connectivity index (χ0n) is 8.95. The largest absolute Gasteiger partial charge is 0.296 e. The van der Waals surface area contributed by atoms with Crippen LogP contribution in [0.5, 0.6) is 0 Å². The van der Waals surface area contributed by atoms with Crippen LogP contribution >= 0.6 is 0 Å². The lowest BCUT2D eigenvalue weighted by Gasteiger charge is -2.27. The van der Waals surface area contributed by atoms with E-state index in [9.17, 15) is 0 Å². The van der Waals surface area contributed by atoms with Crippen molar-refractivity contribution < 1.29 is 0 Å². The molecule has 2 aliphatic heterocycles. The molecule has 2 heterocycles. The summed E-state index contributed by atoms with van der Waals surface area (Å²) in [4.78, 5) is 2.65. The number of fused-ring (bicyclic) bond motifs is 1. The zero-order valence-corrected chi connectivity index (χ0v) is 8.95. The highest BCUT2D eigenvalue weighted by Crippen LogP contribution is 2.31. The molecule has 2 aliphatic rings. The van der Waals surface area contributed by atoms with Gasteiger partial charge in [0.25, 0.3) is 0 Å². The van der Waals surface area contributed by atoms with Crippen LogP contribution in [0, 0.1) is 0 Å². The molecule has 2 fully saturated rings. The summed E-state index contributed by atoms with van der Waals surface area (Å²) >= 11 is 0. The van der Waals surface area contributed by atoms with Crippen molar-refractivity contribution >= 4 is 0 Å². The lowest BCUT2D eigenvalue weighted by atomic mass is 10.1. The number of rotatable bonds is 2. The van der Waals surface area contributed by atoms with Crippen LogP contribution in [0.25, 0.3) is 0 Å². The first-order chi connectivity index (χ1) is 6.24. The molecule has 0 bridgehead atoms. The third-order valence-corrected chi connectivity index (χ3v) is 3.57. The third kappa shape index (κ3) is 1.49. The van der Waals surface area contributed by atoms with Crippen molar-refractivity contribution in [1.29, 1.82) is 0 Å². The summed E-state index contributed by atoms with van der Waals surface area (Å²) in [7, 11) is 2.04. The molecular weight excluding hydrogens is 162 g/mol. The fourth-order valence-electron chi connectivity index (χ4n) is 2.94. The van der Waals surface area contributed by atoms with E-state index >= 15 is 0 Å². The molecule has 0 spiro atoms. The molecule has 0 radical (unpaired) electrons. The Morgan fingerprint density at radius 2 is 1.85 bits per heavy atom. The van der Waals surface area contributed by atoms with Gasteiger partial charge in [-0.05, 0) is 33.7 Å². The fraction of sp³-hybridized carbons (Fsp3) is 1.00. The molecule has 2 unspecified atom stereocenters. The first-order valence-corrected chi connectivity index (χ1v) is 5.44. The summed E-state index contributed by atoms with van der Waals surface area (Å²) in [5.74, 6) is 0. The summed E-state index contributed by atoms with van der Waals surface area (Å²) in [5, 5.41) is 2.41. The monoisotopic (exact) mass is 183 g/mol. The Labute approximate surface area is 81.1 Å². The van der Waals surface area contributed by atoms with E-state index < -0.39 is 0 Å². The Morgan fingerprint density at radius 3 is 2.46 bits per heavy atom. The third-order valence-electron chi connectivity index (χ3n) is 3.57. The topological polar surface area (TPSA) is 18.5 Å². The molecule has 0 aromatic heterocycles. The quantitative estimate of drug-likeness (QED) is 0.679. The van der Waals surface area contributed by atoms with Crippen LogP contribution in [0.15, 0.2) is 0 Å². The molecule has 3 nitrogen and oxygen atoms in total. The molecule has 2 saturated heterocycles. The highest BCUT2D eigenvalue weighted by Gasteiger charge is 2.42. The first kappa shape index (κ1) is 9.44. The van der Waals surface area contributed by atoms with Crippen molar-refractivity contribution in [2.75, 3.05) is 20.1 Å². The average molecular weight is 183 g/mol. The maximum absolute atomic E-state index is 3.30.